The molecule has 2 rings (SSSR count). The first kappa shape index (κ1) is 10.2. The lowest BCUT2D eigenvalue weighted by atomic mass is 10.3. The van der Waals surface area contributed by atoms with Gasteiger partial charge in [-0.1, -0.05) is 6.92 Å². The van der Waals surface area contributed by atoms with Crippen LogP contribution in [-0.2, 0) is 11.3 Å². The second-order valence-corrected chi connectivity index (χ2v) is 5.58. The van der Waals surface area contributed by atoms with Crippen LogP contribution >= 0.6 is 27.3 Å². The monoisotopic (exact) mass is 273 g/mol. The summed E-state index contributed by atoms with van der Waals surface area (Å²) in [5.41, 5.74) is 0. The van der Waals surface area contributed by atoms with Gasteiger partial charge in [-0.2, -0.15) is 0 Å². The number of halogens is 1. The molecule has 1 N–H and O–H groups in total. The zero-order valence-electron chi connectivity index (χ0n) is 7.92. The maximum atomic E-state index is 11.5. The van der Waals surface area contributed by atoms with Crippen molar-refractivity contribution in [2.24, 2.45) is 11.8 Å². The van der Waals surface area contributed by atoms with Gasteiger partial charge in [-0.3, -0.25) is 4.79 Å². The molecule has 2 nitrogen and oxygen atoms in total. The molecule has 1 saturated carbocycles. The zero-order chi connectivity index (χ0) is 10.1. The summed E-state index contributed by atoms with van der Waals surface area (Å²) in [6.07, 6.45) is 1.05. The Balaban J connectivity index is 1.83. The van der Waals surface area contributed by atoms with Gasteiger partial charge in [0.2, 0.25) is 5.91 Å². The molecule has 2 atom stereocenters. The topological polar surface area (TPSA) is 29.1 Å². The lowest BCUT2D eigenvalue weighted by molar-refractivity contribution is -0.122. The minimum Gasteiger partial charge on any atom is -0.351 e. The molecule has 0 aromatic carbocycles. The lowest BCUT2D eigenvalue weighted by Gasteiger charge is -2.02. The summed E-state index contributed by atoms with van der Waals surface area (Å²) in [7, 11) is 0. The molecule has 76 valence electrons. The fraction of sp³-hybridized carbons (Fsp3) is 0.500. The standard InChI is InChI=1S/C10H12BrNOS/c1-6-4-7(6)10(13)12-5-9-8(11)2-3-14-9/h2-3,6-7H,4-5H2,1H3,(H,12,13)/t6-,7-/m0/s1. The minimum atomic E-state index is 0.206. The summed E-state index contributed by atoms with van der Waals surface area (Å²) in [5, 5.41) is 4.98. The smallest absolute Gasteiger partial charge is 0.223 e. The van der Waals surface area contributed by atoms with Crippen LogP contribution in [0.3, 0.4) is 0 Å². The summed E-state index contributed by atoms with van der Waals surface area (Å²) < 4.78 is 1.09. The Labute approximate surface area is 95.8 Å². The number of hydrogen-bond acceptors (Lipinski definition) is 2. The van der Waals surface area contributed by atoms with Gasteiger partial charge in [0.05, 0.1) is 6.54 Å². The highest BCUT2D eigenvalue weighted by atomic mass is 79.9. The van der Waals surface area contributed by atoms with E-state index in [4.69, 9.17) is 0 Å². The van der Waals surface area contributed by atoms with Crippen molar-refractivity contribution in [1.82, 2.24) is 5.32 Å². The van der Waals surface area contributed by atoms with Crippen molar-refractivity contribution in [2.75, 3.05) is 0 Å². The fourth-order valence-electron chi connectivity index (χ4n) is 1.44. The number of carbonyl (C=O) groups excluding carboxylic acids is 1. The molecule has 1 aliphatic rings. The van der Waals surface area contributed by atoms with Gasteiger partial charge in [0.15, 0.2) is 0 Å². The summed E-state index contributed by atoms with van der Waals surface area (Å²) in [6, 6.07) is 2.01. The van der Waals surface area contributed by atoms with Crippen LogP contribution in [0.25, 0.3) is 0 Å². The molecule has 0 spiro atoms. The molecule has 1 heterocycles. The van der Waals surface area contributed by atoms with Crippen molar-refractivity contribution in [3.63, 3.8) is 0 Å². The van der Waals surface area contributed by atoms with Crippen molar-refractivity contribution >= 4 is 33.2 Å². The number of hydrogen-bond donors (Lipinski definition) is 1. The van der Waals surface area contributed by atoms with Crippen LogP contribution in [0.1, 0.15) is 18.2 Å². The molecule has 0 radical (unpaired) electrons. The summed E-state index contributed by atoms with van der Waals surface area (Å²) >= 11 is 5.10. The normalized spacial score (nSPS) is 24.7. The van der Waals surface area contributed by atoms with Gasteiger partial charge in [0.25, 0.3) is 0 Å². The lowest BCUT2D eigenvalue weighted by Crippen LogP contribution is -2.24. The number of nitrogens with one attached hydrogen (secondary N) is 1. The minimum absolute atomic E-state index is 0.206. The quantitative estimate of drug-likeness (QED) is 0.902. The van der Waals surface area contributed by atoms with E-state index in [1.54, 1.807) is 11.3 Å². The maximum absolute atomic E-state index is 11.5. The first-order chi connectivity index (χ1) is 6.68. The van der Waals surface area contributed by atoms with Crippen LogP contribution in [0.5, 0.6) is 0 Å². The molecule has 14 heavy (non-hydrogen) atoms. The Kier molecular flexibility index (Phi) is 2.93. The fourth-order valence-corrected chi connectivity index (χ4v) is 2.87. The second-order valence-electron chi connectivity index (χ2n) is 3.73. The van der Waals surface area contributed by atoms with Crippen LogP contribution < -0.4 is 5.32 Å². The Morgan fingerprint density at radius 2 is 2.50 bits per heavy atom. The molecule has 1 fully saturated rings. The van der Waals surface area contributed by atoms with Crippen LogP contribution in [-0.4, -0.2) is 5.91 Å². The van der Waals surface area contributed by atoms with E-state index >= 15 is 0 Å². The third-order valence-corrected chi connectivity index (χ3v) is 4.49. The van der Waals surface area contributed by atoms with E-state index in [0.717, 1.165) is 10.9 Å². The Morgan fingerprint density at radius 3 is 3.00 bits per heavy atom. The van der Waals surface area contributed by atoms with Crippen molar-refractivity contribution in [1.29, 1.82) is 0 Å². The molecule has 1 aromatic heterocycles. The van der Waals surface area contributed by atoms with Crippen molar-refractivity contribution in [3.8, 4) is 0 Å². The largest absolute Gasteiger partial charge is 0.351 e. The first-order valence-corrected chi connectivity index (χ1v) is 6.35. The highest BCUT2D eigenvalue weighted by Gasteiger charge is 2.38. The Bertz CT molecular complexity index is 350. The van der Waals surface area contributed by atoms with Gasteiger partial charge < -0.3 is 5.32 Å². The van der Waals surface area contributed by atoms with Gasteiger partial charge in [-0.05, 0) is 39.7 Å². The van der Waals surface area contributed by atoms with Gasteiger partial charge in [-0.25, -0.2) is 0 Å². The number of carbonyl (C=O) groups is 1. The molecule has 0 aliphatic heterocycles. The van der Waals surface area contributed by atoms with Crippen LogP contribution in [0.4, 0.5) is 0 Å². The Morgan fingerprint density at radius 1 is 1.79 bits per heavy atom. The number of thiophene rings is 1. The van der Waals surface area contributed by atoms with E-state index in [0.29, 0.717) is 12.5 Å². The highest BCUT2D eigenvalue weighted by molar-refractivity contribution is 9.10. The highest BCUT2D eigenvalue weighted by Crippen LogP contribution is 2.37. The average molecular weight is 274 g/mol. The van der Waals surface area contributed by atoms with E-state index in [1.165, 1.54) is 4.88 Å². The number of rotatable bonds is 3. The van der Waals surface area contributed by atoms with Gasteiger partial charge in [0.1, 0.15) is 0 Å². The van der Waals surface area contributed by atoms with E-state index in [2.05, 4.69) is 28.2 Å². The van der Waals surface area contributed by atoms with E-state index in [1.807, 2.05) is 11.4 Å². The van der Waals surface area contributed by atoms with Crippen molar-refractivity contribution in [3.05, 3.63) is 20.8 Å². The number of amides is 1. The summed E-state index contributed by atoms with van der Waals surface area (Å²) in [4.78, 5) is 12.7. The molecule has 1 aliphatic carbocycles. The molecule has 1 amide bonds. The van der Waals surface area contributed by atoms with Crippen molar-refractivity contribution < 1.29 is 4.79 Å². The van der Waals surface area contributed by atoms with Gasteiger partial charge >= 0.3 is 0 Å². The van der Waals surface area contributed by atoms with Crippen molar-refractivity contribution in [2.45, 2.75) is 19.9 Å². The summed E-state index contributed by atoms with van der Waals surface area (Å²) in [6.45, 7) is 2.77. The van der Waals surface area contributed by atoms with Crippen LogP contribution in [0, 0.1) is 11.8 Å². The maximum Gasteiger partial charge on any atom is 0.223 e. The van der Waals surface area contributed by atoms with Gasteiger partial charge in [0, 0.05) is 15.3 Å². The SMILES string of the molecule is C[C@H]1C[C@@H]1C(=O)NCc1sccc1Br. The predicted octanol–water partition coefficient (Wildman–Crippen LogP) is 2.78. The average Bonchev–Trinajstić information content (AvgIpc) is 2.74. The molecule has 0 unspecified atom stereocenters. The molecular weight excluding hydrogens is 262 g/mol. The second kappa shape index (κ2) is 4.03. The van der Waals surface area contributed by atoms with E-state index in [-0.39, 0.29) is 11.8 Å². The molecule has 0 bridgehead atoms. The van der Waals surface area contributed by atoms with Gasteiger partial charge in [-0.15, -0.1) is 11.3 Å². The molecule has 1 aromatic rings. The van der Waals surface area contributed by atoms with Crippen LogP contribution in [0.2, 0.25) is 0 Å². The Hall–Kier alpha value is -0.350. The third kappa shape index (κ3) is 2.17. The first-order valence-electron chi connectivity index (χ1n) is 4.68. The van der Waals surface area contributed by atoms with E-state index < -0.39 is 0 Å². The summed E-state index contributed by atoms with van der Waals surface area (Å²) in [5.74, 6) is 1.06. The molecule has 4 heteroatoms. The molecular formula is C10H12BrNOS. The predicted molar refractivity (Wildman–Crippen MR) is 61.1 cm³/mol. The zero-order valence-corrected chi connectivity index (χ0v) is 10.3. The molecule has 0 saturated heterocycles. The third-order valence-electron chi connectivity index (χ3n) is 2.56. The van der Waals surface area contributed by atoms with Crippen LogP contribution in [0.15, 0.2) is 15.9 Å². The van der Waals surface area contributed by atoms with E-state index in [9.17, 15) is 4.79 Å².